The van der Waals surface area contributed by atoms with Crippen molar-refractivity contribution in [2.24, 2.45) is 0 Å². The van der Waals surface area contributed by atoms with Crippen molar-refractivity contribution in [2.75, 3.05) is 18.5 Å². The molecule has 1 N–H and O–H groups in total. The van der Waals surface area contributed by atoms with Gasteiger partial charge in [-0.2, -0.15) is 0 Å². The number of nitrogens with zero attached hydrogens (tertiary/aromatic N) is 1. The number of rotatable bonds is 5. The van der Waals surface area contributed by atoms with E-state index in [1.165, 1.54) is 11.3 Å². The van der Waals surface area contributed by atoms with E-state index >= 15 is 0 Å². The third-order valence-electron chi connectivity index (χ3n) is 3.52. The summed E-state index contributed by atoms with van der Waals surface area (Å²) in [5.74, 6) is 0. The van der Waals surface area contributed by atoms with Crippen molar-refractivity contribution in [3.05, 3.63) is 65.2 Å². The second-order valence-electron chi connectivity index (χ2n) is 4.93. The first-order valence-corrected chi connectivity index (χ1v) is 6.66. The maximum Gasteiger partial charge on any atom is 0.0684 e. The zero-order valence-electron chi connectivity index (χ0n) is 11.6. The molecule has 0 saturated carbocycles. The fraction of sp³-hybridized carbons (Fsp3) is 0.294. The predicted molar refractivity (Wildman–Crippen MR) is 80.5 cm³/mol. The fourth-order valence-electron chi connectivity index (χ4n) is 2.17. The van der Waals surface area contributed by atoms with Crippen molar-refractivity contribution >= 4 is 5.69 Å². The van der Waals surface area contributed by atoms with Crippen LogP contribution in [-0.4, -0.2) is 18.7 Å². The Hall–Kier alpha value is -1.80. The van der Waals surface area contributed by atoms with Gasteiger partial charge in [-0.3, -0.25) is 0 Å². The van der Waals surface area contributed by atoms with Gasteiger partial charge in [-0.05, 0) is 42.2 Å². The summed E-state index contributed by atoms with van der Waals surface area (Å²) in [6.45, 7) is 3.14. The predicted octanol–water partition coefficient (Wildman–Crippen LogP) is 3.17. The highest BCUT2D eigenvalue weighted by atomic mass is 16.3. The molecule has 0 radical (unpaired) electrons. The molecule has 2 rings (SSSR count). The van der Waals surface area contributed by atoms with Gasteiger partial charge in [-0.15, -0.1) is 0 Å². The smallest absolute Gasteiger partial charge is 0.0684 e. The van der Waals surface area contributed by atoms with Crippen LogP contribution in [0, 0.1) is 6.92 Å². The number of hydrogen-bond acceptors (Lipinski definition) is 2. The molecule has 2 heteroatoms. The van der Waals surface area contributed by atoms with Crippen LogP contribution in [0.4, 0.5) is 5.69 Å². The average Bonchev–Trinajstić information content (AvgIpc) is 2.45. The fourth-order valence-corrected chi connectivity index (χ4v) is 2.17. The number of aryl methyl sites for hydroxylation is 1. The molecular weight excluding hydrogens is 234 g/mol. The number of likely N-dealkylation sites (N-methyl/N-ethyl adjacent to an activating group) is 1. The molecule has 0 aromatic heterocycles. The summed E-state index contributed by atoms with van der Waals surface area (Å²) in [4.78, 5) is 2.25. The average molecular weight is 255 g/mol. The highest BCUT2D eigenvalue weighted by Gasteiger charge is 2.04. The van der Waals surface area contributed by atoms with Gasteiger partial charge in [-0.1, -0.05) is 36.4 Å². The second-order valence-corrected chi connectivity index (χ2v) is 4.93. The van der Waals surface area contributed by atoms with Gasteiger partial charge in [0, 0.05) is 19.3 Å². The Morgan fingerprint density at radius 1 is 1.05 bits per heavy atom. The van der Waals surface area contributed by atoms with Crippen LogP contribution >= 0.6 is 0 Å². The van der Waals surface area contributed by atoms with E-state index < -0.39 is 0 Å². The molecule has 0 atom stereocenters. The molecule has 0 amide bonds. The van der Waals surface area contributed by atoms with E-state index in [1.54, 1.807) is 0 Å². The first-order chi connectivity index (χ1) is 9.20. The highest BCUT2D eigenvalue weighted by molar-refractivity contribution is 5.50. The molecule has 0 spiro atoms. The third kappa shape index (κ3) is 3.58. The van der Waals surface area contributed by atoms with Gasteiger partial charge >= 0.3 is 0 Å². The van der Waals surface area contributed by atoms with Crippen LogP contribution in [0.1, 0.15) is 16.7 Å². The molecule has 0 saturated heterocycles. The number of aliphatic hydroxyl groups excluding tert-OH is 1. The number of hydrogen-bond donors (Lipinski definition) is 1. The van der Waals surface area contributed by atoms with Gasteiger partial charge in [0.15, 0.2) is 0 Å². The van der Waals surface area contributed by atoms with Crippen LogP contribution in [0.2, 0.25) is 0 Å². The quantitative estimate of drug-likeness (QED) is 0.887. The Bertz CT molecular complexity index is 522. The Morgan fingerprint density at radius 3 is 2.42 bits per heavy atom. The molecule has 19 heavy (non-hydrogen) atoms. The first-order valence-electron chi connectivity index (χ1n) is 6.66. The van der Waals surface area contributed by atoms with E-state index in [4.69, 9.17) is 0 Å². The summed E-state index contributed by atoms with van der Waals surface area (Å²) in [7, 11) is 2.11. The van der Waals surface area contributed by atoms with Gasteiger partial charge in [0.2, 0.25) is 0 Å². The summed E-state index contributed by atoms with van der Waals surface area (Å²) in [6, 6.07) is 16.7. The lowest BCUT2D eigenvalue weighted by Gasteiger charge is -2.20. The SMILES string of the molecule is Cc1cc(N(C)CCc2ccccc2)ccc1CO. The maximum absolute atomic E-state index is 9.19. The Labute approximate surface area is 115 Å². The summed E-state index contributed by atoms with van der Waals surface area (Å²) in [6.07, 6.45) is 1.04. The van der Waals surface area contributed by atoms with E-state index in [1.807, 2.05) is 19.1 Å². The Kier molecular flexibility index (Phi) is 4.58. The minimum Gasteiger partial charge on any atom is -0.392 e. The molecule has 0 aliphatic carbocycles. The Morgan fingerprint density at radius 2 is 1.79 bits per heavy atom. The zero-order chi connectivity index (χ0) is 13.7. The number of anilines is 1. The molecular formula is C17H21NO. The lowest BCUT2D eigenvalue weighted by Crippen LogP contribution is -2.20. The van der Waals surface area contributed by atoms with Crippen LogP contribution in [0.25, 0.3) is 0 Å². The summed E-state index contributed by atoms with van der Waals surface area (Å²) in [5, 5.41) is 9.19. The molecule has 0 unspecified atom stereocenters. The third-order valence-corrected chi connectivity index (χ3v) is 3.52. The molecule has 2 aromatic carbocycles. The van der Waals surface area contributed by atoms with Gasteiger partial charge in [0.1, 0.15) is 0 Å². The van der Waals surface area contributed by atoms with E-state index in [0.29, 0.717) is 0 Å². The zero-order valence-corrected chi connectivity index (χ0v) is 11.6. The first kappa shape index (κ1) is 13.6. The maximum atomic E-state index is 9.19. The molecule has 2 aromatic rings. The van der Waals surface area contributed by atoms with Crippen molar-refractivity contribution < 1.29 is 5.11 Å². The van der Waals surface area contributed by atoms with Crippen LogP contribution < -0.4 is 4.90 Å². The highest BCUT2D eigenvalue weighted by Crippen LogP contribution is 2.18. The van der Waals surface area contributed by atoms with Gasteiger partial charge in [0.25, 0.3) is 0 Å². The van der Waals surface area contributed by atoms with Crippen LogP contribution in [0.5, 0.6) is 0 Å². The topological polar surface area (TPSA) is 23.5 Å². The monoisotopic (exact) mass is 255 g/mol. The van der Waals surface area contributed by atoms with Crippen molar-refractivity contribution in [3.8, 4) is 0 Å². The molecule has 100 valence electrons. The molecule has 0 heterocycles. The van der Waals surface area contributed by atoms with E-state index in [2.05, 4.69) is 48.3 Å². The number of aliphatic hydroxyl groups is 1. The van der Waals surface area contributed by atoms with Gasteiger partial charge in [-0.25, -0.2) is 0 Å². The molecule has 2 nitrogen and oxygen atoms in total. The van der Waals surface area contributed by atoms with Crippen molar-refractivity contribution in [2.45, 2.75) is 20.0 Å². The van der Waals surface area contributed by atoms with Crippen LogP contribution in [0.15, 0.2) is 48.5 Å². The van der Waals surface area contributed by atoms with Crippen molar-refractivity contribution in [1.82, 2.24) is 0 Å². The molecule has 0 aliphatic heterocycles. The normalized spacial score (nSPS) is 10.5. The lowest BCUT2D eigenvalue weighted by molar-refractivity contribution is 0.281. The van der Waals surface area contributed by atoms with Crippen LogP contribution in [0.3, 0.4) is 0 Å². The second kappa shape index (κ2) is 6.39. The summed E-state index contributed by atoms with van der Waals surface area (Å²) in [5.41, 5.74) is 4.70. The minimum atomic E-state index is 0.111. The van der Waals surface area contributed by atoms with Crippen molar-refractivity contribution in [1.29, 1.82) is 0 Å². The van der Waals surface area contributed by atoms with Gasteiger partial charge in [0.05, 0.1) is 6.61 Å². The van der Waals surface area contributed by atoms with E-state index in [0.717, 1.165) is 24.1 Å². The summed E-state index contributed by atoms with van der Waals surface area (Å²) < 4.78 is 0. The standard InChI is InChI=1S/C17H21NO/c1-14-12-17(9-8-16(14)13-19)18(2)11-10-15-6-4-3-5-7-15/h3-9,12,19H,10-11,13H2,1-2H3. The van der Waals surface area contributed by atoms with E-state index in [9.17, 15) is 5.11 Å². The Balaban J connectivity index is 2.00. The largest absolute Gasteiger partial charge is 0.392 e. The molecule has 0 aliphatic rings. The van der Waals surface area contributed by atoms with Crippen molar-refractivity contribution in [3.63, 3.8) is 0 Å². The number of benzene rings is 2. The lowest BCUT2D eigenvalue weighted by atomic mass is 10.1. The van der Waals surface area contributed by atoms with Crippen LogP contribution in [-0.2, 0) is 13.0 Å². The molecule has 0 fully saturated rings. The molecule has 0 bridgehead atoms. The van der Waals surface area contributed by atoms with Gasteiger partial charge < -0.3 is 10.0 Å². The van der Waals surface area contributed by atoms with E-state index in [-0.39, 0.29) is 6.61 Å². The minimum absolute atomic E-state index is 0.111. The summed E-state index contributed by atoms with van der Waals surface area (Å²) >= 11 is 0.